The van der Waals surface area contributed by atoms with Crippen LogP contribution in [0, 0.1) is 0 Å². The summed E-state index contributed by atoms with van der Waals surface area (Å²) in [7, 11) is -3.71. The van der Waals surface area contributed by atoms with E-state index in [1.54, 1.807) is 36.2 Å². The van der Waals surface area contributed by atoms with Crippen LogP contribution < -0.4 is 10.0 Å². The molecule has 0 fully saturated rings. The molecule has 1 atom stereocenters. The molecule has 0 radical (unpaired) electrons. The summed E-state index contributed by atoms with van der Waals surface area (Å²) in [5.41, 5.74) is 1.38. The zero-order valence-electron chi connectivity index (χ0n) is 18.1. The molecule has 1 unspecified atom stereocenters. The lowest BCUT2D eigenvalue weighted by Gasteiger charge is -2.31. The third kappa shape index (κ3) is 5.72. The van der Waals surface area contributed by atoms with Crippen molar-refractivity contribution in [2.75, 3.05) is 6.54 Å². The quantitative estimate of drug-likeness (QED) is 0.629. The lowest BCUT2D eigenvalue weighted by molar-refractivity contribution is -0.134. The van der Waals surface area contributed by atoms with Crippen LogP contribution in [0.1, 0.15) is 54.4 Å². The first-order chi connectivity index (χ1) is 14.7. The van der Waals surface area contributed by atoms with Gasteiger partial charge in [-0.3, -0.25) is 9.59 Å². The van der Waals surface area contributed by atoms with E-state index in [-0.39, 0.29) is 22.4 Å². The molecule has 1 aromatic carbocycles. The number of sulfonamides is 1. The summed E-state index contributed by atoms with van der Waals surface area (Å²) in [6.07, 6.45) is 2.08. The normalized spacial score (nSPS) is 14.9. The van der Waals surface area contributed by atoms with Crippen LogP contribution >= 0.6 is 11.3 Å². The Labute approximate surface area is 187 Å². The number of carbonyl (C=O) groups excluding carboxylic acids is 2. The van der Waals surface area contributed by atoms with E-state index in [0.29, 0.717) is 19.5 Å². The van der Waals surface area contributed by atoms with Crippen molar-refractivity contribution in [2.45, 2.75) is 63.6 Å². The molecule has 1 aromatic heterocycles. The van der Waals surface area contributed by atoms with Gasteiger partial charge in [0, 0.05) is 29.6 Å². The Bertz CT molecular complexity index is 1050. The van der Waals surface area contributed by atoms with E-state index in [0.717, 1.165) is 12.8 Å². The fraction of sp³-hybridized carbons (Fsp3) is 0.455. The van der Waals surface area contributed by atoms with Crippen LogP contribution in [-0.4, -0.2) is 43.8 Å². The first kappa shape index (κ1) is 23.4. The maximum Gasteiger partial charge on any atom is 0.251 e. The number of fused-ring (bicyclic) bond motifs is 1. The van der Waals surface area contributed by atoms with Gasteiger partial charge >= 0.3 is 0 Å². The van der Waals surface area contributed by atoms with E-state index >= 15 is 0 Å². The van der Waals surface area contributed by atoms with Gasteiger partial charge in [0.25, 0.3) is 5.91 Å². The first-order valence-electron chi connectivity index (χ1n) is 10.5. The van der Waals surface area contributed by atoms with E-state index in [2.05, 4.69) is 10.0 Å². The van der Waals surface area contributed by atoms with Gasteiger partial charge in [-0.15, -0.1) is 11.3 Å². The number of carbonyl (C=O) groups is 2. The maximum atomic E-state index is 13.1. The van der Waals surface area contributed by atoms with Gasteiger partial charge in [0.1, 0.15) is 6.04 Å². The summed E-state index contributed by atoms with van der Waals surface area (Å²) in [4.78, 5) is 29.2. The second-order valence-electron chi connectivity index (χ2n) is 8.00. The number of amides is 2. The topological polar surface area (TPSA) is 95.6 Å². The molecule has 2 aromatic rings. The van der Waals surface area contributed by atoms with E-state index < -0.39 is 22.0 Å². The summed E-state index contributed by atoms with van der Waals surface area (Å²) in [5.74, 6) is -0.557. The molecule has 0 bridgehead atoms. The standard InChI is InChI=1S/C22H29N3O4S2/c1-4-6-19(22(27)25-11-9-20-17(14-25)10-12-30-20)23-21(26)16-7-5-8-18(13-16)31(28,29)24-15(2)3/h5,7-8,10,12-13,15,19,24H,4,6,9,11,14H2,1-3H3,(H,23,26). The van der Waals surface area contributed by atoms with Crippen molar-refractivity contribution in [3.63, 3.8) is 0 Å². The average Bonchev–Trinajstić information content (AvgIpc) is 3.20. The van der Waals surface area contributed by atoms with Crippen molar-refractivity contribution in [1.82, 2.24) is 14.9 Å². The zero-order chi connectivity index (χ0) is 22.6. The minimum absolute atomic E-state index is 0.0215. The molecule has 2 heterocycles. The Balaban J connectivity index is 1.74. The number of nitrogens with one attached hydrogen (secondary N) is 2. The van der Waals surface area contributed by atoms with Crippen molar-refractivity contribution in [1.29, 1.82) is 0 Å². The number of nitrogens with zero attached hydrogens (tertiary/aromatic N) is 1. The van der Waals surface area contributed by atoms with Crippen LogP contribution in [0.5, 0.6) is 0 Å². The molecule has 0 saturated heterocycles. The summed E-state index contributed by atoms with van der Waals surface area (Å²) in [6.45, 7) is 6.62. The summed E-state index contributed by atoms with van der Waals surface area (Å²) in [5, 5.41) is 4.87. The Hall–Kier alpha value is -2.23. The Morgan fingerprint density at radius 3 is 2.71 bits per heavy atom. The highest BCUT2D eigenvalue weighted by Gasteiger charge is 2.29. The highest BCUT2D eigenvalue weighted by molar-refractivity contribution is 7.89. The molecule has 0 aliphatic carbocycles. The minimum atomic E-state index is -3.71. The van der Waals surface area contributed by atoms with Crippen molar-refractivity contribution in [3.05, 3.63) is 51.7 Å². The van der Waals surface area contributed by atoms with Crippen LogP contribution in [0.2, 0.25) is 0 Å². The van der Waals surface area contributed by atoms with E-state index in [4.69, 9.17) is 0 Å². The third-order valence-electron chi connectivity index (χ3n) is 5.10. The summed E-state index contributed by atoms with van der Waals surface area (Å²) in [6, 6.07) is 7.01. The van der Waals surface area contributed by atoms with Gasteiger partial charge in [-0.25, -0.2) is 13.1 Å². The molecule has 9 heteroatoms. The largest absolute Gasteiger partial charge is 0.340 e. The van der Waals surface area contributed by atoms with Gasteiger partial charge in [0.15, 0.2) is 0 Å². The average molecular weight is 464 g/mol. The van der Waals surface area contributed by atoms with Crippen molar-refractivity contribution >= 4 is 33.2 Å². The highest BCUT2D eigenvalue weighted by atomic mass is 32.2. The van der Waals surface area contributed by atoms with Crippen LogP contribution in [0.15, 0.2) is 40.6 Å². The molecular weight excluding hydrogens is 434 g/mol. The van der Waals surface area contributed by atoms with E-state index in [9.17, 15) is 18.0 Å². The smallest absolute Gasteiger partial charge is 0.251 e. The van der Waals surface area contributed by atoms with Gasteiger partial charge in [-0.1, -0.05) is 19.4 Å². The van der Waals surface area contributed by atoms with Crippen molar-refractivity contribution < 1.29 is 18.0 Å². The van der Waals surface area contributed by atoms with Gasteiger partial charge in [-0.05, 0) is 61.9 Å². The van der Waals surface area contributed by atoms with Crippen LogP contribution in [0.3, 0.4) is 0 Å². The van der Waals surface area contributed by atoms with E-state index in [1.165, 1.54) is 28.6 Å². The molecule has 1 aliphatic rings. The zero-order valence-corrected chi connectivity index (χ0v) is 19.7. The van der Waals surface area contributed by atoms with Crippen LogP contribution in [0.25, 0.3) is 0 Å². The molecule has 0 spiro atoms. The van der Waals surface area contributed by atoms with Gasteiger partial charge < -0.3 is 10.2 Å². The monoisotopic (exact) mass is 463 g/mol. The lowest BCUT2D eigenvalue weighted by atomic mass is 10.1. The summed E-state index contributed by atoms with van der Waals surface area (Å²) < 4.78 is 27.4. The Morgan fingerprint density at radius 1 is 1.23 bits per heavy atom. The molecule has 7 nitrogen and oxygen atoms in total. The first-order valence-corrected chi connectivity index (χ1v) is 12.8. The number of hydrogen-bond donors (Lipinski definition) is 2. The fourth-order valence-electron chi connectivity index (χ4n) is 3.63. The predicted molar refractivity (Wildman–Crippen MR) is 122 cm³/mol. The molecule has 2 amide bonds. The summed E-state index contributed by atoms with van der Waals surface area (Å²) >= 11 is 1.71. The van der Waals surface area contributed by atoms with Gasteiger partial charge in [0.2, 0.25) is 15.9 Å². The van der Waals surface area contributed by atoms with Gasteiger partial charge in [0.05, 0.1) is 4.90 Å². The Kier molecular flexibility index (Phi) is 7.51. The Morgan fingerprint density at radius 2 is 2.00 bits per heavy atom. The van der Waals surface area contributed by atoms with Gasteiger partial charge in [-0.2, -0.15) is 0 Å². The second-order valence-corrected chi connectivity index (χ2v) is 10.7. The molecule has 31 heavy (non-hydrogen) atoms. The van der Waals surface area contributed by atoms with Crippen LogP contribution in [-0.2, 0) is 27.8 Å². The molecule has 3 rings (SSSR count). The molecular formula is C22H29N3O4S2. The molecule has 1 aliphatic heterocycles. The van der Waals surface area contributed by atoms with Crippen LogP contribution in [0.4, 0.5) is 0 Å². The number of benzene rings is 1. The van der Waals surface area contributed by atoms with Crippen molar-refractivity contribution in [3.8, 4) is 0 Å². The highest BCUT2D eigenvalue weighted by Crippen LogP contribution is 2.24. The molecule has 0 saturated carbocycles. The maximum absolute atomic E-state index is 13.1. The molecule has 2 N–H and O–H groups in total. The fourth-order valence-corrected chi connectivity index (χ4v) is 5.81. The lowest BCUT2D eigenvalue weighted by Crippen LogP contribution is -2.49. The number of rotatable bonds is 8. The minimum Gasteiger partial charge on any atom is -0.340 e. The SMILES string of the molecule is CCCC(NC(=O)c1cccc(S(=O)(=O)NC(C)C)c1)C(=O)N1CCc2sccc2C1. The number of thiophene rings is 1. The second kappa shape index (κ2) is 9.93. The number of hydrogen-bond acceptors (Lipinski definition) is 5. The molecule has 168 valence electrons. The van der Waals surface area contributed by atoms with E-state index in [1.807, 2.05) is 18.4 Å². The predicted octanol–water partition coefficient (Wildman–Crippen LogP) is 2.92. The third-order valence-corrected chi connectivity index (χ3v) is 7.78. The van der Waals surface area contributed by atoms with Crippen molar-refractivity contribution in [2.24, 2.45) is 0 Å².